The van der Waals surface area contributed by atoms with Gasteiger partial charge in [-0.15, -0.1) is 0 Å². The zero-order chi connectivity index (χ0) is 4.00. The first kappa shape index (κ1) is 9.19. The summed E-state index contributed by atoms with van der Waals surface area (Å²) in [6.07, 6.45) is 0. The minimum absolute atomic E-state index is 0.958. The SMILES string of the molecule is [S]=[Zn].[S]=[Zn]. The molecule has 0 rings (SSSR count). The summed E-state index contributed by atoms with van der Waals surface area (Å²) >= 11 is 1.92. The van der Waals surface area contributed by atoms with Gasteiger partial charge in [0, 0.05) is 0 Å². The van der Waals surface area contributed by atoms with E-state index in [1.165, 1.54) is 0 Å². The van der Waals surface area contributed by atoms with E-state index in [1.54, 1.807) is 0 Å². The van der Waals surface area contributed by atoms with Crippen LogP contribution in [0.5, 0.6) is 0 Å². The van der Waals surface area contributed by atoms with Crippen LogP contribution in [0.4, 0.5) is 0 Å². The standard InChI is InChI=1S/2S.2Zn. The summed E-state index contributed by atoms with van der Waals surface area (Å²) in [6, 6.07) is 0. The first-order chi connectivity index (χ1) is 2.00. The molecule has 0 amide bonds. The maximum absolute atomic E-state index is 4.21. The second-order valence-electron chi connectivity index (χ2n) is 0. The van der Waals surface area contributed by atoms with Crippen LogP contribution >= 0.6 is 20.2 Å². The van der Waals surface area contributed by atoms with Gasteiger partial charge in [-0.3, -0.25) is 0 Å². The van der Waals surface area contributed by atoms with Crippen LogP contribution in [0.1, 0.15) is 0 Å². The molecule has 0 saturated heterocycles. The van der Waals surface area contributed by atoms with Crippen LogP contribution in [-0.4, -0.2) is 0 Å². The summed E-state index contributed by atoms with van der Waals surface area (Å²) in [6.45, 7) is 0. The van der Waals surface area contributed by atoms with Crippen molar-refractivity contribution in [2.24, 2.45) is 0 Å². The molecule has 16 valence electrons. The Morgan fingerprint density at radius 3 is 0.750 bits per heavy atom. The summed E-state index contributed by atoms with van der Waals surface area (Å²) in [5.41, 5.74) is 0. The quantitative estimate of drug-likeness (QED) is 0.534. The van der Waals surface area contributed by atoms with Gasteiger partial charge in [0.05, 0.1) is 0 Å². The van der Waals surface area contributed by atoms with Gasteiger partial charge in [0.1, 0.15) is 0 Å². The Balaban J connectivity index is 0. The van der Waals surface area contributed by atoms with E-state index < -0.39 is 0 Å². The molecule has 0 nitrogen and oxygen atoms in total. The topological polar surface area (TPSA) is 0 Å². The van der Waals surface area contributed by atoms with Gasteiger partial charge in [-0.25, -0.2) is 0 Å². The van der Waals surface area contributed by atoms with Gasteiger partial charge in [-0.05, 0) is 0 Å². The van der Waals surface area contributed by atoms with Gasteiger partial charge in [0.15, 0.2) is 0 Å². The molecule has 0 atom stereocenters. The van der Waals surface area contributed by atoms with E-state index in [0.717, 1.165) is 33.1 Å². The summed E-state index contributed by atoms with van der Waals surface area (Å²) in [7, 11) is 8.42. The molecule has 0 aliphatic carbocycles. The maximum atomic E-state index is 4.21. The molecular formula is S2Zn2. The molecule has 0 aromatic heterocycles. The molecule has 4 heavy (non-hydrogen) atoms. The predicted molar refractivity (Wildman–Crippen MR) is 15.2 cm³/mol. The van der Waals surface area contributed by atoms with Crippen LogP contribution < -0.4 is 0 Å². The molecule has 4 heteroatoms. The predicted octanol–water partition coefficient (Wildman–Crippen LogP) is 1.29. The molecule has 0 spiro atoms. The van der Waals surface area contributed by atoms with Gasteiger partial charge in [-0.1, -0.05) is 0 Å². The minimum atomic E-state index is 0.958. The van der Waals surface area contributed by atoms with Crippen molar-refractivity contribution < 1.29 is 33.1 Å². The summed E-state index contributed by atoms with van der Waals surface area (Å²) in [5.74, 6) is 0. The average molecular weight is 195 g/mol. The van der Waals surface area contributed by atoms with E-state index in [4.69, 9.17) is 0 Å². The molecule has 0 aromatic rings. The third-order valence-electron chi connectivity index (χ3n) is 0. The van der Waals surface area contributed by atoms with Crippen molar-refractivity contribution >= 4 is 20.2 Å². The fraction of sp³-hybridized carbons (Fsp3) is 0. The van der Waals surface area contributed by atoms with Gasteiger partial charge in [-0.2, -0.15) is 0 Å². The molecule has 0 bridgehead atoms. The monoisotopic (exact) mass is 192 g/mol. The molecule has 0 N–H and O–H groups in total. The number of hydrogen-bond donors (Lipinski definition) is 0. The Labute approximate surface area is 52.9 Å². The average Bonchev–Trinajstić information content (AvgIpc) is 1.50. The van der Waals surface area contributed by atoms with E-state index in [-0.39, 0.29) is 0 Å². The second-order valence-corrected chi connectivity index (χ2v) is 0. The zero-order valence-corrected chi connectivity index (χ0v) is 9.80. The van der Waals surface area contributed by atoms with Crippen molar-refractivity contribution in [3.05, 3.63) is 0 Å². The zero-order valence-electron chi connectivity index (χ0n) is 2.23. The Hall–Kier alpha value is 1.69. The third kappa shape index (κ3) is 9.35. The summed E-state index contributed by atoms with van der Waals surface area (Å²) < 4.78 is 0. The Bertz CT molecular complexity index is 6.00. The third-order valence-corrected chi connectivity index (χ3v) is 0. The Morgan fingerprint density at radius 2 is 0.750 bits per heavy atom. The van der Waals surface area contributed by atoms with Gasteiger partial charge in [0.25, 0.3) is 0 Å². The van der Waals surface area contributed by atoms with E-state index in [2.05, 4.69) is 20.2 Å². The Morgan fingerprint density at radius 1 is 0.750 bits per heavy atom. The van der Waals surface area contributed by atoms with E-state index in [0.29, 0.717) is 0 Å². The van der Waals surface area contributed by atoms with Crippen LogP contribution in [0.25, 0.3) is 0 Å². The van der Waals surface area contributed by atoms with E-state index in [9.17, 15) is 0 Å². The first-order valence-corrected chi connectivity index (χ1v) is 9.00. The van der Waals surface area contributed by atoms with Crippen molar-refractivity contribution in [2.45, 2.75) is 0 Å². The molecule has 0 radical (unpaired) electrons. The summed E-state index contributed by atoms with van der Waals surface area (Å²) in [5, 5.41) is 0. The van der Waals surface area contributed by atoms with Gasteiger partial charge in [0.2, 0.25) is 0 Å². The molecule has 0 aliphatic heterocycles. The van der Waals surface area contributed by atoms with Crippen LogP contribution in [0, 0.1) is 0 Å². The van der Waals surface area contributed by atoms with Crippen LogP contribution in [0.3, 0.4) is 0 Å². The normalized spacial score (nSPS) is 3.00. The van der Waals surface area contributed by atoms with Crippen molar-refractivity contribution in [3.63, 3.8) is 0 Å². The van der Waals surface area contributed by atoms with Crippen molar-refractivity contribution in [2.75, 3.05) is 0 Å². The van der Waals surface area contributed by atoms with E-state index >= 15 is 0 Å². The number of rotatable bonds is 0. The van der Waals surface area contributed by atoms with E-state index in [1.807, 2.05) is 0 Å². The van der Waals surface area contributed by atoms with Gasteiger partial charge >= 0.3 is 53.3 Å². The van der Waals surface area contributed by atoms with Crippen LogP contribution in [-0.2, 0) is 33.1 Å². The molecule has 0 saturated carbocycles. The fourth-order valence-electron chi connectivity index (χ4n) is 0. The molecule has 0 fully saturated rings. The summed E-state index contributed by atoms with van der Waals surface area (Å²) in [4.78, 5) is 0. The molecular weight excluding hydrogens is 195 g/mol. The van der Waals surface area contributed by atoms with Gasteiger partial charge < -0.3 is 0 Å². The van der Waals surface area contributed by atoms with Crippen molar-refractivity contribution in [3.8, 4) is 0 Å². The van der Waals surface area contributed by atoms with Crippen LogP contribution in [0.2, 0.25) is 0 Å². The van der Waals surface area contributed by atoms with Crippen LogP contribution in [0.15, 0.2) is 0 Å². The van der Waals surface area contributed by atoms with Crippen molar-refractivity contribution in [1.29, 1.82) is 0 Å². The fourth-order valence-corrected chi connectivity index (χ4v) is 0. The number of hydrogen-bond acceptors (Lipinski definition) is 2. The second kappa shape index (κ2) is 22.4. The Kier molecular flexibility index (Phi) is 51.4. The van der Waals surface area contributed by atoms with Crippen molar-refractivity contribution in [1.82, 2.24) is 0 Å². The molecule has 0 heterocycles. The molecule has 0 unspecified atom stereocenters. The first-order valence-electron chi connectivity index (χ1n) is 0.577. The molecule has 0 aromatic carbocycles. The molecule has 0 aliphatic rings.